The first-order valence-corrected chi connectivity index (χ1v) is 7.24. The molecule has 0 atom stereocenters. The Hall–Kier alpha value is -2.74. The van der Waals surface area contributed by atoms with Gasteiger partial charge in [0.15, 0.2) is 5.69 Å². The quantitative estimate of drug-likeness (QED) is 0.795. The van der Waals surface area contributed by atoms with Crippen molar-refractivity contribution in [1.29, 1.82) is 0 Å². The number of aromatic carboxylic acids is 1. The summed E-state index contributed by atoms with van der Waals surface area (Å²) in [7, 11) is 1.55. The summed E-state index contributed by atoms with van der Waals surface area (Å²) in [5.41, 5.74) is 1.74. The SMILES string of the molecule is COc1cccc(-c2c(C(=O)O)nnn2-c2nc(C)cs2)c1. The number of carbonyl (C=O) groups is 1. The van der Waals surface area contributed by atoms with Crippen molar-refractivity contribution in [3.63, 3.8) is 0 Å². The summed E-state index contributed by atoms with van der Waals surface area (Å²) in [5, 5.41) is 19.5. The summed E-state index contributed by atoms with van der Waals surface area (Å²) in [6.07, 6.45) is 0. The molecule has 7 nitrogen and oxygen atoms in total. The summed E-state index contributed by atoms with van der Waals surface area (Å²) >= 11 is 1.37. The summed E-state index contributed by atoms with van der Waals surface area (Å²) in [5.74, 6) is -0.519. The zero-order valence-electron chi connectivity index (χ0n) is 11.8. The van der Waals surface area contributed by atoms with Gasteiger partial charge in [0.25, 0.3) is 0 Å². The maximum absolute atomic E-state index is 11.4. The van der Waals surface area contributed by atoms with Gasteiger partial charge >= 0.3 is 5.97 Å². The van der Waals surface area contributed by atoms with E-state index in [1.807, 2.05) is 12.3 Å². The Kier molecular flexibility index (Phi) is 3.60. The predicted molar refractivity (Wildman–Crippen MR) is 80.7 cm³/mol. The first-order chi connectivity index (χ1) is 10.6. The molecule has 2 heterocycles. The fourth-order valence-electron chi connectivity index (χ4n) is 2.03. The van der Waals surface area contributed by atoms with Crippen LogP contribution in [0.15, 0.2) is 29.6 Å². The van der Waals surface area contributed by atoms with Gasteiger partial charge in [-0.1, -0.05) is 17.3 Å². The molecule has 3 aromatic rings. The van der Waals surface area contributed by atoms with E-state index in [0.717, 1.165) is 5.69 Å². The van der Waals surface area contributed by atoms with Gasteiger partial charge in [0.1, 0.15) is 11.4 Å². The molecule has 0 aliphatic carbocycles. The van der Waals surface area contributed by atoms with Crippen LogP contribution in [0.25, 0.3) is 16.4 Å². The van der Waals surface area contributed by atoms with Gasteiger partial charge in [-0.05, 0) is 19.1 Å². The number of methoxy groups -OCH3 is 1. The van der Waals surface area contributed by atoms with Crippen LogP contribution in [0, 0.1) is 6.92 Å². The lowest BCUT2D eigenvalue weighted by Gasteiger charge is -2.06. The highest BCUT2D eigenvalue weighted by Crippen LogP contribution is 2.29. The average molecular weight is 316 g/mol. The van der Waals surface area contributed by atoms with Gasteiger partial charge in [-0.3, -0.25) is 0 Å². The Labute approximate surface area is 129 Å². The second-order valence-corrected chi connectivity index (χ2v) is 5.34. The zero-order valence-corrected chi connectivity index (χ0v) is 12.7. The van der Waals surface area contributed by atoms with E-state index in [1.165, 1.54) is 16.0 Å². The second-order valence-electron chi connectivity index (χ2n) is 4.51. The van der Waals surface area contributed by atoms with Crippen LogP contribution >= 0.6 is 11.3 Å². The third kappa shape index (κ3) is 2.44. The van der Waals surface area contributed by atoms with Gasteiger partial charge in [0.2, 0.25) is 5.13 Å². The topological polar surface area (TPSA) is 90.1 Å². The van der Waals surface area contributed by atoms with Crippen LogP contribution in [-0.2, 0) is 0 Å². The van der Waals surface area contributed by atoms with Crippen LogP contribution in [-0.4, -0.2) is 38.2 Å². The lowest BCUT2D eigenvalue weighted by Crippen LogP contribution is -2.03. The van der Waals surface area contributed by atoms with Crippen molar-refractivity contribution >= 4 is 17.3 Å². The number of thiazole rings is 1. The highest BCUT2D eigenvalue weighted by molar-refractivity contribution is 7.12. The van der Waals surface area contributed by atoms with E-state index in [0.29, 0.717) is 22.1 Å². The molecule has 8 heteroatoms. The van der Waals surface area contributed by atoms with E-state index in [1.54, 1.807) is 31.4 Å². The maximum Gasteiger partial charge on any atom is 0.358 e. The molecule has 0 saturated carbocycles. The standard InChI is InChI=1S/C14H12N4O3S/c1-8-7-22-14(15-8)18-12(11(13(19)20)16-17-18)9-4-3-5-10(6-9)21-2/h3-7H,1-2H3,(H,19,20). The maximum atomic E-state index is 11.4. The van der Waals surface area contributed by atoms with E-state index < -0.39 is 5.97 Å². The highest BCUT2D eigenvalue weighted by Gasteiger charge is 2.23. The number of aryl methyl sites for hydroxylation is 1. The molecule has 0 amide bonds. The summed E-state index contributed by atoms with van der Waals surface area (Å²) in [4.78, 5) is 15.8. The minimum Gasteiger partial charge on any atom is -0.497 e. The molecule has 1 N–H and O–H groups in total. The Balaban J connectivity index is 2.23. The van der Waals surface area contributed by atoms with Crippen molar-refractivity contribution < 1.29 is 14.6 Å². The monoisotopic (exact) mass is 316 g/mol. The van der Waals surface area contributed by atoms with Crippen LogP contribution in [0.3, 0.4) is 0 Å². The molecule has 0 aliphatic heterocycles. The molecule has 112 valence electrons. The first-order valence-electron chi connectivity index (χ1n) is 6.36. The molecule has 0 spiro atoms. The lowest BCUT2D eigenvalue weighted by atomic mass is 10.1. The summed E-state index contributed by atoms with van der Waals surface area (Å²) < 4.78 is 6.63. The normalized spacial score (nSPS) is 10.6. The third-order valence-electron chi connectivity index (χ3n) is 3.00. The predicted octanol–water partition coefficient (Wildman–Crippen LogP) is 2.41. The van der Waals surface area contributed by atoms with Gasteiger partial charge < -0.3 is 9.84 Å². The number of rotatable bonds is 4. The largest absolute Gasteiger partial charge is 0.497 e. The summed E-state index contributed by atoms with van der Waals surface area (Å²) in [6, 6.07) is 7.09. The number of hydrogen-bond donors (Lipinski definition) is 1. The van der Waals surface area contributed by atoms with E-state index in [-0.39, 0.29) is 5.69 Å². The van der Waals surface area contributed by atoms with Crippen molar-refractivity contribution in [2.75, 3.05) is 7.11 Å². The molecule has 3 rings (SSSR count). The Morgan fingerprint density at radius 2 is 2.23 bits per heavy atom. The van der Waals surface area contributed by atoms with Gasteiger partial charge in [-0.2, -0.15) is 4.68 Å². The van der Waals surface area contributed by atoms with Gasteiger partial charge in [-0.25, -0.2) is 9.78 Å². The molecule has 0 unspecified atom stereocenters. The van der Waals surface area contributed by atoms with Gasteiger partial charge in [-0.15, -0.1) is 16.4 Å². The van der Waals surface area contributed by atoms with Gasteiger partial charge in [0, 0.05) is 10.9 Å². The molecule has 0 fully saturated rings. The van der Waals surface area contributed by atoms with Crippen LogP contribution in [0.4, 0.5) is 0 Å². The minimum atomic E-state index is -1.14. The molecule has 0 bridgehead atoms. The van der Waals surface area contributed by atoms with E-state index in [4.69, 9.17) is 4.74 Å². The van der Waals surface area contributed by atoms with E-state index in [9.17, 15) is 9.90 Å². The number of ether oxygens (including phenoxy) is 1. The van der Waals surface area contributed by atoms with E-state index in [2.05, 4.69) is 15.3 Å². The minimum absolute atomic E-state index is 0.124. The van der Waals surface area contributed by atoms with E-state index >= 15 is 0 Å². The Morgan fingerprint density at radius 3 is 2.86 bits per heavy atom. The van der Waals surface area contributed by atoms with Crippen molar-refractivity contribution in [2.45, 2.75) is 6.92 Å². The van der Waals surface area contributed by atoms with Crippen molar-refractivity contribution in [3.05, 3.63) is 41.0 Å². The first kappa shape index (κ1) is 14.2. The molecule has 0 radical (unpaired) electrons. The lowest BCUT2D eigenvalue weighted by molar-refractivity contribution is 0.0691. The molecular weight excluding hydrogens is 304 g/mol. The van der Waals surface area contributed by atoms with Crippen molar-refractivity contribution in [1.82, 2.24) is 20.0 Å². The van der Waals surface area contributed by atoms with Crippen molar-refractivity contribution in [2.24, 2.45) is 0 Å². The molecule has 0 saturated heterocycles. The van der Waals surface area contributed by atoms with Crippen LogP contribution in [0.1, 0.15) is 16.2 Å². The Morgan fingerprint density at radius 1 is 1.41 bits per heavy atom. The number of carboxylic acids is 1. The fraction of sp³-hybridized carbons (Fsp3) is 0.143. The molecular formula is C14H12N4O3S. The Bertz CT molecular complexity index is 840. The smallest absolute Gasteiger partial charge is 0.358 e. The van der Waals surface area contributed by atoms with Crippen LogP contribution in [0.5, 0.6) is 5.75 Å². The second kappa shape index (κ2) is 5.57. The number of benzene rings is 1. The van der Waals surface area contributed by atoms with Crippen LogP contribution < -0.4 is 4.74 Å². The summed E-state index contributed by atoms with van der Waals surface area (Å²) in [6.45, 7) is 1.86. The molecule has 22 heavy (non-hydrogen) atoms. The van der Waals surface area contributed by atoms with Crippen molar-refractivity contribution in [3.8, 4) is 22.1 Å². The number of aromatic nitrogens is 4. The zero-order chi connectivity index (χ0) is 15.7. The average Bonchev–Trinajstić information content (AvgIpc) is 3.13. The fourth-order valence-corrected chi connectivity index (χ4v) is 2.78. The number of carboxylic acid groups (broad SMARTS) is 1. The number of nitrogens with zero attached hydrogens (tertiary/aromatic N) is 4. The van der Waals surface area contributed by atoms with Gasteiger partial charge in [0.05, 0.1) is 12.8 Å². The molecule has 2 aromatic heterocycles. The van der Waals surface area contributed by atoms with Crippen LogP contribution in [0.2, 0.25) is 0 Å². The number of hydrogen-bond acceptors (Lipinski definition) is 6. The third-order valence-corrected chi connectivity index (χ3v) is 3.94. The highest BCUT2D eigenvalue weighted by atomic mass is 32.1. The molecule has 1 aromatic carbocycles. The molecule has 0 aliphatic rings.